The van der Waals surface area contributed by atoms with Gasteiger partial charge in [-0.05, 0) is 49.4 Å². The molecular weight excluding hydrogens is 1220 g/mol. The molecule has 0 aromatic carbocycles. The first kappa shape index (κ1) is 91.1. The molecule has 552 valence electrons. The Morgan fingerprint density at radius 2 is 0.452 bits per heavy atom. The highest BCUT2D eigenvalue weighted by atomic mass is 31.2. The predicted octanol–water partition coefficient (Wildman–Crippen LogP) is 21.3. The monoisotopic (exact) mass is 1370 g/mol. The molecule has 5 atom stereocenters. The zero-order valence-corrected chi connectivity index (χ0v) is 62.7. The number of rotatable bonds is 71. The summed E-state index contributed by atoms with van der Waals surface area (Å²) in [5.74, 6) is 0.885. The smallest absolute Gasteiger partial charge is 0.462 e. The number of hydrogen-bond acceptors (Lipinski definition) is 15. The number of phosphoric acid groups is 2. The van der Waals surface area contributed by atoms with Crippen molar-refractivity contribution in [2.45, 2.75) is 388 Å². The lowest BCUT2D eigenvalue weighted by atomic mass is 10.0. The van der Waals surface area contributed by atoms with Gasteiger partial charge in [0.15, 0.2) is 12.2 Å². The molecule has 0 bridgehead atoms. The van der Waals surface area contributed by atoms with Gasteiger partial charge in [0, 0.05) is 25.7 Å². The quantitative estimate of drug-likeness (QED) is 0.0222. The summed E-state index contributed by atoms with van der Waals surface area (Å²) in [5.41, 5.74) is 0. The molecule has 3 N–H and O–H groups in total. The molecule has 0 aliphatic carbocycles. The van der Waals surface area contributed by atoms with Crippen LogP contribution in [0.1, 0.15) is 370 Å². The summed E-state index contributed by atoms with van der Waals surface area (Å²) in [6, 6.07) is 0. The summed E-state index contributed by atoms with van der Waals surface area (Å²) >= 11 is 0. The number of aliphatic hydroxyl groups is 1. The number of carbonyl (C=O) groups is 4. The number of hydrogen-bond donors (Lipinski definition) is 3. The molecule has 0 fully saturated rings. The maximum Gasteiger partial charge on any atom is 0.472 e. The number of phosphoric ester groups is 2. The van der Waals surface area contributed by atoms with E-state index in [1.165, 1.54) is 167 Å². The second-order valence-electron chi connectivity index (χ2n) is 28.6. The fourth-order valence-electron chi connectivity index (χ4n) is 11.2. The van der Waals surface area contributed by atoms with E-state index in [4.69, 9.17) is 37.0 Å². The first-order chi connectivity index (χ1) is 44.6. The Hall–Kier alpha value is -1.94. The van der Waals surface area contributed by atoms with Crippen LogP contribution in [0.15, 0.2) is 0 Å². The third kappa shape index (κ3) is 68.4. The van der Waals surface area contributed by atoms with E-state index in [-0.39, 0.29) is 25.7 Å². The van der Waals surface area contributed by atoms with Crippen molar-refractivity contribution in [2.24, 2.45) is 23.7 Å². The SMILES string of the molecule is CC(C)CCCCCCCCCCCCCCCCC(=O)O[C@H](COC(=O)CCCCCCCCCCCC(C)C)COP(=O)(O)OCC(O)COP(=O)(O)OC[C@@H](COC(=O)CCCCCCCCCC(C)C)OC(=O)CCCCCCCCCCCCCC(C)C. The highest BCUT2D eigenvalue weighted by molar-refractivity contribution is 7.47. The van der Waals surface area contributed by atoms with E-state index in [9.17, 15) is 43.2 Å². The Kier molecular flexibility index (Phi) is 62.2. The van der Waals surface area contributed by atoms with E-state index in [1.807, 2.05) is 0 Å². The number of esters is 4. The zero-order chi connectivity index (χ0) is 68.9. The minimum atomic E-state index is -4.96. The molecule has 0 amide bonds. The highest BCUT2D eigenvalue weighted by Crippen LogP contribution is 2.45. The Morgan fingerprint density at radius 3 is 0.667 bits per heavy atom. The average molecular weight is 1370 g/mol. The average Bonchev–Trinajstić information content (AvgIpc) is 3.34. The van der Waals surface area contributed by atoms with Crippen molar-refractivity contribution >= 4 is 39.5 Å². The molecule has 0 aromatic rings. The van der Waals surface area contributed by atoms with Crippen molar-refractivity contribution in [2.75, 3.05) is 39.6 Å². The first-order valence-electron chi connectivity index (χ1n) is 38.2. The number of ether oxygens (including phenoxy) is 4. The van der Waals surface area contributed by atoms with Gasteiger partial charge in [0.2, 0.25) is 0 Å². The summed E-state index contributed by atoms with van der Waals surface area (Å²) in [6.07, 6.45) is 47.2. The Morgan fingerprint density at radius 1 is 0.269 bits per heavy atom. The fraction of sp³-hybridized carbons (Fsp3) is 0.946. The van der Waals surface area contributed by atoms with Crippen LogP contribution >= 0.6 is 15.6 Å². The molecule has 0 radical (unpaired) electrons. The second kappa shape index (κ2) is 63.5. The summed E-state index contributed by atoms with van der Waals surface area (Å²) < 4.78 is 68.4. The lowest BCUT2D eigenvalue weighted by Gasteiger charge is -2.21. The minimum Gasteiger partial charge on any atom is -0.462 e. The Balaban J connectivity index is 5.25. The van der Waals surface area contributed by atoms with Gasteiger partial charge in [0.05, 0.1) is 26.4 Å². The molecule has 3 unspecified atom stereocenters. The molecule has 17 nitrogen and oxygen atoms in total. The molecule has 0 rings (SSSR count). The maximum absolute atomic E-state index is 13.1. The third-order valence-corrected chi connectivity index (χ3v) is 19.0. The molecule has 0 spiro atoms. The van der Waals surface area contributed by atoms with Crippen molar-refractivity contribution in [3.8, 4) is 0 Å². The minimum absolute atomic E-state index is 0.105. The van der Waals surface area contributed by atoms with Crippen LogP contribution in [0.2, 0.25) is 0 Å². The topological polar surface area (TPSA) is 237 Å². The first-order valence-corrected chi connectivity index (χ1v) is 41.2. The third-order valence-electron chi connectivity index (χ3n) is 17.1. The van der Waals surface area contributed by atoms with Crippen molar-refractivity contribution in [3.63, 3.8) is 0 Å². The molecule has 0 heterocycles. The summed E-state index contributed by atoms with van der Waals surface area (Å²) in [5, 5.41) is 10.6. The fourth-order valence-corrected chi connectivity index (χ4v) is 12.8. The number of carbonyl (C=O) groups excluding carboxylic acids is 4. The van der Waals surface area contributed by atoms with Gasteiger partial charge in [-0.1, -0.05) is 319 Å². The van der Waals surface area contributed by atoms with E-state index >= 15 is 0 Å². The van der Waals surface area contributed by atoms with Crippen molar-refractivity contribution < 1.29 is 80.2 Å². The molecule has 19 heteroatoms. The molecule has 0 saturated heterocycles. The van der Waals surface area contributed by atoms with E-state index in [0.29, 0.717) is 31.6 Å². The van der Waals surface area contributed by atoms with Gasteiger partial charge in [-0.2, -0.15) is 0 Å². The maximum atomic E-state index is 13.1. The van der Waals surface area contributed by atoms with Gasteiger partial charge in [-0.15, -0.1) is 0 Å². The zero-order valence-electron chi connectivity index (χ0n) is 60.9. The Bertz CT molecular complexity index is 1830. The molecule has 93 heavy (non-hydrogen) atoms. The van der Waals surface area contributed by atoms with Gasteiger partial charge in [0.1, 0.15) is 19.3 Å². The highest BCUT2D eigenvalue weighted by Gasteiger charge is 2.30. The molecule has 0 aromatic heterocycles. The van der Waals surface area contributed by atoms with Gasteiger partial charge in [0.25, 0.3) is 0 Å². The van der Waals surface area contributed by atoms with Crippen LogP contribution in [0, 0.1) is 23.7 Å². The van der Waals surface area contributed by atoms with Crippen LogP contribution in [-0.2, 0) is 65.4 Å². The van der Waals surface area contributed by atoms with Crippen LogP contribution in [0.5, 0.6) is 0 Å². The van der Waals surface area contributed by atoms with Crippen molar-refractivity contribution in [1.82, 2.24) is 0 Å². The van der Waals surface area contributed by atoms with Crippen LogP contribution in [-0.4, -0.2) is 96.7 Å². The van der Waals surface area contributed by atoms with Gasteiger partial charge < -0.3 is 33.8 Å². The van der Waals surface area contributed by atoms with Crippen molar-refractivity contribution in [1.29, 1.82) is 0 Å². The van der Waals surface area contributed by atoms with Crippen LogP contribution in [0.3, 0.4) is 0 Å². The van der Waals surface area contributed by atoms with E-state index in [0.717, 1.165) is 114 Å². The van der Waals surface area contributed by atoms with Gasteiger partial charge in [-0.3, -0.25) is 37.3 Å². The van der Waals surface area contributed by atoms with Crippen LogP contribution < -0.4 is 0 Å². The number of unbranched alkanes of at least 4 members (excludes halogenated alkanes) is 37. The van der Waals surface area contributed by atoms with E-state index in [1.54, 1.807) is 0 Å². The summed E-state index contributed by atoms with van der Waals surface area (Å²) in [4.78, 5) is 72.7. The van der Waals surface area contributed by atoms with Crippen molar-refractivity contribution in [3.05, 3.63) is 0 Å². The lowest BCUT2D eigenvalue weighted by molar-refractivity contribution is -0.161. The predicted molar refractivity (Wildman–Crippen MR) is 377 cm³/mol. The summed E-state index contributed by atoms with van der Waals surface area (Å²) in [7, 11) is -9.91. The standard InChI is InChI=1S/C74H144O17P2/c1-64(2)50-42-34-26-19-14-11-9-10-12-16-22-31-40-48-56-73(78)90-69(60-84-71(76)54-46-38-30-24-18-21-28-36-44-52-66(5)6)62-88-92(80,81)86-58-68(75)59-87-93(82,83)89-63-70(61-85-72(77)55-47-39-33-25-29-37-45-53-67(7)8)91-74(79)57-49-41-32-23-17-13-15-20-27-35-43-51-65(3)4/h64-70,75H,9-63H2,1-8H3,(H,80,81)(H,82,83)/t68?,69-,70-/m1/s1. The molecular formula is C74H144O17P2. The van der Waals surface area contributed by atoms with Crippen LogP contribution in [0.25, 0.3) is 0 Å². The lowest BCUT2D eigenvalue weighted by Crippen LogP contribution is -2.30. The largest absolute Gasteiger partial charge is 0.472 e. The van der Waals surface area contributed by atoms with Gasteiger partial charge in [-0.25, -0.2) is 9.13 Å². The Labute approximate surface area is 568 Å². The molecule has 0 aliphatic heterocycles. The van der Waals surface area contributed by atoms with Crippen LogP contribution in [0.4, 0.5) is 0 Å². The second-order valence-corrected chi connectivity index (χ2v) is 31.5. The van der Waals surface area contributed by atoms with E-state index in [2.05, 4.69) is 55.4 Å². The number of aliphatic hydroxyl groups excluding tert-OH is 1. The molecule has 0 aliphatic rings. The normalized spacial score (nSPS) is 14.2. The van der Waals surface area contributed by atoms with Gasteiger partial charge >= 0.3 is 39.5 Å². The van der Waals surface area contributed by atoms with E-state index < -0.39 is 97.5 Å². The summed E-state index contributed by atoms with van der Waals surface area (Å²) in [6.45, 7) is 14.1. The molecule has 0 saturated carbocycles.